The molecule has 0 aromatic heterocycles. The Morgan fingerprint density at radius 1 is 0.783 bits per heavy atom. The Labute approximate surface area is 376 Å². The van der Waals surface area contributed by atoms with E-state index in [0.29, 0.717) is 0 Å². The molecule has 0 radical (unpaired) electrons. The Bertz CT molecular complexity index is 1640. The molecule has 2 heterocycles. The first-order valence-corrected chi connectivity index (χ1v) is 29.9. The van der Waals surface area contributed by atoms with Gasteiger partial charge in [0, 0.05) is 33.4 Å². The van der Waals surface area contributed by atoms with Crippen molar-refractivity contribution in [2.45, 2.75) is 180 Å². The second kappa shape index (κ2) is 24.9. The minimum atomic E-state index is -1.61. The number of carbonyl (C=O) groups excluding carboxylic acids is 2. The van der Waals surface area contributed by atoms with Crippen molar-refractivity contribution in [1.29, 1.82) is 0 Å². The first kappa shape index (κ1) is 49.2. The van der Waals surface area contributed by atoms with Gasteiger partial charge in [-0.15, -0.1) is 6.67 Å². The van der Waals surface area contributed by atoms with Gasteiger partial charge in [-0.1, -0.05) is 50.8 Å². The molecule has 0 amide bonds. The zero-order valence-corrected chi connectivity index (χ0v) is 41.6. The van der Waals surface area contributed by atoms with Gasteiger partial charge >= 0.3 is 85.3 Å². The van der Waals surface area contributed by atoms with E-state index in [4.69, 9.17) is 33.6 Å². The fourth-order valence-corrected chi connectivity index (χ4v) is 17.5. The van der Waals surface area contributed by atoms with Gasteiger partial charge < -0.3 is 24.0 Å². The summed E-state index contributed by atoms with van der Waals surface area (Å²) in [4.78, 5) is 27.1. The quantitative estimate of drug-likeness (QED) is 0.107. The number of benzene rings is 2. The average Bonchev–Trinajstić information content (AvgIpc) is 3.70. The molecule has 4 fully saturated rings. The van der Waals surface area contributed by atoms with Crippen LogP contribution in [-0.4, -0.2) is 63.5 Å². The molecule has 5 atom stereocenters. The van der Waals surface area contributed by atoms with E-state index in [0.717, 1.165) is 11.3 Å². The number of hydrogen-bond acceptors (Lipinski definition) is 7. The van der Waals surface area contributed by atoms with Crippen molar-refractivity contribution < 1.29 is 37.3 Å². The van der Waals surface area contributed by atoms with E-state index in [1.807, 2.05) is 72.8 Å². The molecule has 7 rings (SSSR count). The van der Waals surface area contributed by atoms with E-state index >= 15 is 0 Å². The summed E-state index contributed by atoms with van der Waals surface area (Å²) in [5.41, 5.74) is 9.49. The number of aryl methyl sites for hydroxylation is 3. The standard InChI is InChI=1S/C24H33N2O5.C18H33P.C7H6.2ClH.Ru/c1-14-10-15(2)22(16(3)11-14)25-8-9-26(13-25)24-23(30-20(7)28)18(5)17(4)21(31-24)12-29-19(6)27;1-4-10-16(11-5-1)19(17-12-6-2-7-13-17)18-14-8-3-9-15-18;1-7-5-3-2-4-6-7;;;/h8-11,13,17-18,21,23-24H,12H2,1-7H3;16-18H,1-15H2;1-6H;2*1H;/q-1;;;;;+2/p-1. The van der Waals surface area contributed by atoms with Crippen molar-refractivity contribution in [2.75, 3.05) is 11.5 Å². The third-order valence-corrected chi connectivity index (χ3v) is 19.8. The first-order chi connectivity index (χ1) is 28.8. The summed E-state index contributed by atoms with van der Waals surface area (Å²) in [7, 11) is 11.3. The van der Waals surface area contributed by atoms with Crippen LogP contribution in [0.4, 0.5) is 5.69 Å². The summed E-state index contributed by atoms with van der Waals surface area (Å²) >= 11 is -1.61. The second-order valence-electron chi connectivity index (χ2n) is 17.9. The van der Waals surface area contributed by atoms with Crippen molar-refractivity contribution in [2.24, 2.45) is 11.8 Å². The molecule has 60 heavy (non-hydrogen) atoms. The van der Waals surface area contributed by atoms with Crippen LogP contribution in [0.2, 0.25) is 0 Å². The summed E-state index contributed by atoms with van der Waals surface area (Å²) in [5.74, 6) is -0.626. The maximum absolute atomic E-state index is 11.8. The normalized spacial score (nSPS) is 25.4. The topological polar surface area (TPSA) is 68.3 Å². The van der Waals surface area contributed by atoms with E-state index in [9.17, 15) is 9.59 Å². The number of rotatable bonds is 9. The SMILES string of the molecule is C1CCC([PH+](C2CCCCC2)C2CCCCC2)CC1.CC(=O)OCC1OC(N2C=CN(c3c(C)cc(C)cc3C)[CH-]2)C(OC(C)=O)C(C)C1C.[Cl][Ru]([Cl])=[CH]c1ccccc1. The van der Waals surface area contributed by atoms with E-state index in [1.165, 1.54) is 47.5 Å². The molecular formula is C49H73Cl2N2O5PRu. The van der Waals surface area contributed by atoms with E-state index in [-0.39, 0.29) is 44.4 Å². The summed E-state index contributed by atoms with van der Waals surface area (Å²) in [6, 6.07) is 14.2. The average molecular weight is 973 g/mol. The Morgan fingerprint density at radius 3 is 1.77 bits per heavy atom. The number of ether oxygens (including phenoxy) is 3. The molecule has 3 saturated carbocycles. The first-order valence-electron chi connectivity index (χ1n) is 22.7. The number of nitrogens with zero attached hydrogens (tertiary/aromatic N) is 2. The van der Waals surface area contributed by atoms with Crippen LogP contribution in [0.5, 0.6) is 0 Å². The molecule has 2 aliphatic heterocycles. The predicted molar refractivity (Wildman–Crippen MR) is 250 cm³/mol. The van der Waals surface area contributed by atoms with Gasteiger partial charge in [0.15, 0.2) is 0 Å². The van der Waals surface area contributed by atoms with Crippen LogP contribution in [0.3, 0.4) is 0 Å². The monoisotopic (exact) mass is 972 g/mol. The number of anilines is 1. The Balaban J connectivity index is 0.000000197. The van der Waals surface area contributed by atoms with Gasteiger partial charge in [0.05, 0.1) is 23.1 Å². The van der Waals surface area contributed by atoms with Gasteiger partial charge in [-0.05, 0) is 127 Å². The molecule has 1 saturated heterocycles. The van der Waals surface area contributed by atoms with Crippen LogP contribution in [0.15, 0.2) is 54.9 Å². The van der Waals surface area contributed by atoms with E-state index < -0.39 is 25.9 Å². The van der Waals surface area contributed by atoms with Crippen LogP contribution in [0.1, 0.15) is 146 Å². The van der Waals surface area contributed by atoms with Crippen molar-refractivity contribution in [3.8, 4) is 0 Å². The number of halogens is 2. The molecule has 11 heteroatoms. The molecule has 336 valence electrons. The number of hydrogen-bond donors (Lipinski definition) is 0. The van der Waals surface area contributed by atoms with Crippen LogP contribution in [-0.2, 0) is 37.3 Å². The van der Waals surface area contributed by atoms with Crippen LogP contribution in [0, 0.1) is 39.3 Å². The van der Waals surface area contributed by atoms with Gasteiger partial charge in [-0.2, -0.15) is 0 Å². The van der Waals surface area contributed by atoms with Gasteiger partial charge in [0.25, 0.3) is 0 Å². The fourth-order valence-electron chi connectivity index (χ4n) is 10.4. The summed E-state index contributed by atoms with van der Waals surface area (Å²) in [6.45, 7) is 15.3. The Hall–Kier alpha value is -1.82. The summed E-state index contributed by atoms with van der Waals surface area (Å²) in [5, 5.41) is 0. The van der Waals surface area contributed by atoms with E-state index in [1.54, 1.807) is 96.3 Å². The van der Waals surface area contributed by atoms with Crippen LogP contribution in [0.25, 0.3) is 0 Å². The molecule has 7 nitrogen and oxygen atoms in total. The van der Waals surface area contributed by atoms with Crippen LogP contribution < -0.4 is 4.90 Å². The van der Waals surface area contributed by atoms with Crippen molar-refractivity contribution >= 4 is 49.5 Å². The zero-order chi connectivity index (χ0) is 43.2. The van der Waals surface area contributed by atoms with Crippen molar-refractivity contribution in [3.05, 3.63) is 83.8 Å². The molecule has 0 N–H and O–H groups in total. The second-order valence-corrected chi connectivity index (χ2v) is 27.1. The van der Waals surface area contributed by atoms with Gasteiger partial charge in [-0.25, -0.2) is 0 Å². The minimum absolute atomic E-state index is 0.0157. The van der Waals surface area contributed by atoms with E-state index in [2.05, 4.69) is 37.8 Å². The fraction of sp³-hybridized carbons (Fsp3) is 0.633. The predicted octanol–water partition coefficient (Wildman–Crippen LogP) is 12.8. The third kappa shape index (κ3) is 14.6. The molecule has 2 aromatic rings. The molecule has 3 aliphatic carbocycles. The summed E-state index contributed by atoms with van der Waals surface area (Å²) < 4.78 is 19.2. The molecular weight excluding hydrogens is 899 g/mol. The number of esters is 2. The van der Waals surface area contributed by atoms with Crippen LogP contribution >= 0.6 is 27.3 Å². The zero-order valence-electron chi connectivity index (χ0n) is 37.3. The van der Waals surface area contributed by atoms with Gasteiger partial charge in [-0.3, -0.25) is 9.59 Å². The Morgan fingerprint density at radius 2 is 1.30 bits per heavy atom. The Kier molecular flexibility index (Phi) is 20.4. The third-order valence-electron chi connectivity index (χ3n) is 13.4. The molecule has 0 spiro atoms. The molecule has 0 bridgehead atoms. The van der Waals surface area contributed by atoms with Crippen molar-refractivity contribution in [3.63, 3.8) is 0 Å². The number of carbonyl (C=O) groups is 2. The maximum atomic E-state index is 11.8. The van der Waals surface area contributed by atoms with Gasteiger partial charge in [0.2, 0.25) is 0 Å². The molecule has 5 aliphatic rings. The molecule has 2 aromatic carbocycles. The van der Waals surface area contributed by atoms with Gasteiger partial charge in [0.1, 0.15) is 18.9 Å². The molecule has 5 unspecified atom stereocenters. The summed E-state index contributed by atoms with van der Waals surface area (Å²) in [6.07, 6.45) is 26.4. The van der Waals surface area contributed by atoms with Crippen molar-refractivity contribution in [1.82, 2.24) is 4.90 Å².